The largest absolute Gasteiger partial charge is 0.462 e. The van der Waals surface area contributed by atoms with Crippen molar-refractivity contribution in [1.82, 2.24) is 14.8 Å². The van der Waals surface area contributed by atoms with E-state index in [1.54, 1.807) is 24.0 Å². The van der Waals surface area contributed by atoms with Crippen molar-refractivity contribution in [3.63, 3.8) is 0 Å². The third-order valence-corrected chi connectivity index (χ3v) is 3.70. The van der Waals surface area contributed by atoms with Crippen molar-refractivity contribution in [2.75, 3.05) is 19.8 Å². The van der Waals surface area contributed by atoms with Gasteiger partial charge in [-0.05, 0) is 32.8 Å². The highest BCUT2D eigenvalue weighted by Gasteiger charge is 2.15. The van der Waals surface area contributed by atoms with Crippen molar-refractivity contribution in [1.29, 1.82) is 0 Å². The number of carbonyl (C=O) groups excluding carboxylic acids is 1. The van der Waals surface area contributed by atoms with Crippen LogP contribution in [0.3, 0.4) is 0 Å². The monoisotopic (exact) mass is 320 g/mol. The molecule has 0 spiro atoms. The lowest BCUT2D eigenvalue weighted by molar-refractivity contribution is 0.0525. The fraction of sp³-hybridized carbons (Fsp3) is 0.562. The van der Waals surface area contributed by atoms with Crippen molar-refractivity contribution in [2.24, 2.45) is 5.73 Å². The number of rotatable bonds is 3. The van der Waals surface area contributed by atoms with Crippen LogP contribution in [0.1, 0.15) is 36.2 Å². The van der Waals surface area contributed by atoms with Crippen LogP contribution in [0.25, 0.3) is 11.0 Å². The zero-order valence-corrected chi connectivity index (χ0v) is 13.9. The standard InChI is InChI=1S/C12H15N3O2.C4H9NO/c1-4-15-11-9(7-14-15)8(3)10(6-13-11)12(16)17-5-2;5-4-1-2-6-3-4/h6-7H,4-5H2,1-3H3;4H,1-3,5H2/t;4-/m.1/s1. The SMILES string of the molecule is CCOC(=O)c1cnc2c(cnn2CC)c1C.N[C@@H]1CCOC1. The van der Waals surface area contributed by atoms with E-state index in [1.807, 2.05) is 13.8 Å². The van der Waals surface area contributed by atoms with Gasteiger partial charge in [-0.15, -0.1) is 0 Å². The molecule has 0 amide bonds. The Labute approximate surface area is 135 Å². The molecule has 1 atom stereocenters. The Morgan fingerprint density at radius 1 is 1.48 bits per heavy atom. The molecule has 2 aromatic rings. The molecular weight excluding hydrogens is 296 g/mol. The highest BCUT2D eigenvalue weighted by atomic mass is 16.5. The van der Waals surface area contributed by atoms with Gasteiger partial charge in [0.1, 0.15) is 0 Å². The third-order valence-electron chi connectivity index (χ3n) is 3.70. The number of nitrogens with zero attached hydrogens (tertiary/aromatic N) is 3. The van der Waals surface area contributed by atoms with Gasteiger partial charge in [0, 0.05) is 30.8 Å². The van der Waals surface area contributed by atoms with Crippen LogP contribution < -0.4 is 5.73 Å². The number of nitrogens with two attached hydrogens (primary N) is 1. The summed E-state index contributed by atoms with van der Waals surface area (Å²) < 4.78 is 11.7. The summed E-state index contributed by atoms with van der Waals surface area (Å²) >= 11 is 0. The normalized spacial score (nSPS) is 17.0. The molecule has 1 fully saturated rings. The van der Waals surface area contributed by atoms with E-state index in [9.17, 15) is 4.79 Å². The molecule has 1 aliphatic heterocycles. The van der Waals surface area contributed by atoms with Gasteiger partial charge in [-0.25, -0.2) is 14.5 Å². The smallest absolute Gasteiger partial charge is 0.339 e. The molecule has 1 aliphatic rings. The summed E-state index contributed by atoms with van der Waals surface area (Å²) in [5.41, 5.74) is 7.59. The number of pyridine rings is 1. The quantitative estimate of drug-likeness (QED) is 0.865. The maximum Gasteiger partial charge on any atom is 0.339 e. The maximum absolute atomic E-state index is 11.7. The minimum Gasteiger partial charge on any atom is -0.462 e. The van der Waals surface area contributed by atoms with Crippen molar-refractivity contribution in [3.05, 3.63) is 23.5 Å². The lowest BCUT2D eigenvalue weighted by atomic mass is 10.1. The van der Waals surface area contributed by atoms with Gasteiger partial charge in [0.25, 0.3) is 0 Å². The fourth-order valence-corrected chi connectivity index (χ4v) is 2.35. The first-order chi connectivity index (χ1) is 11.1. The molecule has 2 aromatic heterocycles. The third kappa shape index (κ3) is 4.05. The first kappa shape index (κ1) is 17.4. The summed E-state index contributed by atoms with van der Waals surface area (Å²) in [7, 11) is 0. The lowest BCUT2D eigenvalue weighted by Crippen LogP contribution is -2.18. The molecular formula is C16H24N4O3. The molecule has 1 saturated heterocycles. The van der Waals surface area contributed by atoms with E-state index >= 15 is 0 Å². The summed E-state index contributed by atoms with van der Waals surface area (Å²) in [6.45, 7) is 8.43. The van der Waals surface area contributed by atoms with Crippen molar-refractivity contribution >= 4 is 17.0 Å². The second-order valence-electron chi connectivity index (χ2n) is 5.34. The molecule has 0 aliphatic carbocycles. The highest BCUT2D eigenvalue weighted by molar-refractivity contribution is 5.96. The Morgan fingerprint density at radius 3 is 2.78 bits per heavy atom. The molecule has 7 nitrogen and oxygen atoms in total. The van der Waals surface area contributed by atoms with Gasteiger partial charge in [-0.3, -0.25) is 0 Å². The average molecular weight is 320 g/mol. The molecule has 0 unspecified atom stereocenters. The van der Waals surface area contributed by atoms with Crippen LogP contribution in [-0.2, 0) is 16.0 Å². The number of esters is 1. The van der Waals surface area contributed by atoms with E-state index < -0.39 is 0 Å². The predicted molar refractivity (Wildman–Crippen MR) is 87.3 cm³/mol. The van der Waals surface area contributed by atoms with Gasteiger partial charge in [0.15, 0.2) is 5.65 Å². The molecule has 2 N–H and O–H groups in total. The van der Waals surface area contributed by atoms with E-state index in [-0.39, 0.29) is 5.97 Å². The molecule has 0 bridgehead atoms. The molecule has 3 rings (SSSR count). The van der Waals surface area contributed by atoms with Crippen LogP contribution in [0.15, 0.2) is 12.4 Å². The van der Waals surface area contributed by atoms with Crippen LogP contribution in [0, 0.1) is 6.92 Å². The minimum atomic E-state index is -0.330. The van der Waals surface area contributed by atoms with Gasteiger partial charge < -0.3 is 15.2 Å². The minimum absolute atomic E-state index is 0.324. The van der Waals surface area contributed by atoms with Crippen LogP contribution >= 0.6 is 0 Å². The zero-order chi connectivity index (χ0) is 16.8. The van der Waals surface area contributed by atoms with Crippen molar-refractivity contribution in [2.45, 2.75) is 39.8 Å². The molecule has 23 heavy (non-hydrogen) atoms. The maximum atomic E-state index is 11.7. The molecule has 0 saturated carbocycles. The highest BCUT2D eigenvalue weighted by Crippen LogP contribution is 2.20. The Kier molecular flexibility index (Phi) is 6.06. The van der Waals surface area contributed by atoms with Crippen LogP contribution in [-0.4, -0.2) is 46.6 Å². The summed E-state index contributed by atoms with van der Waals surface area (Å²) in [6.07, 6.45) is 4.34. The fourth-order valence-electron chi connectivity index (χ4n) is 2.35. The van der Waals surface area contributed by atoms with Crippen molar-refractivity contribution < 1.29 is 14.3 Å². The van der Waals surface area contributed by atoms with Crippen molar-refractivity contribution in [3.8, 4) is 0 Å². The van der Waals surface area contributed by atoms with Crippen LogP contribution in [0.4, 0.5) is 0 Å². The zero-order valence-electron chi connectivity index (χ0n) is 13.9. The van der Waals surface area contributed by atoms with E-state index in [2.05, 4.69) is 10.1 Å². The second-order valence-corrected chi connectivity index (χ2v) is 5.34. The number of hydrogen-bond donors (Lipinski definition) is 1. The van der Waals surface area contributed by atoms with E-state index in [0.29, 0.717) is 18.2 Å². The Balaban J connectivity index is 0.000000268. The summed E-state index contributed by atoms with van der Waals surface area (Å²) in [5, 5.41) is 5.12. The van der Waals surface area contributed by atoms with Gasteiger partial charge in [-0.2, -0.15) is 5.10 Å². The van der Waals surface area contributed by atoms with Gasteiger partial charge >= 0.3 is 5.97 Å². The van der Waals surface area contributed by atoms with Gasteiger partial charge in [0.05, 0.1) is 25.0 Å². The van der Waals surface area contributed by atoms with Crippen LogP contribution in [0.5, 0.6) is 0 Å². The summed E-state index contributed by atoms with van der Waals surface area (Å²) in [6, 6.07) is 0.324. The Hall–Kier alpha value is -1.99. The van der Waals surface area contributed by atoms with E-state index in [1.165, 1.54) is 0 Å². The van der Waals surface area contributed by atoms with Crippen LogP contribution in [0.2, 0.25) is 0 Å². The van der Waals surface area contributed by atoms with E-state index in [4.69, 9.17) is 15.2 Å². The predicted octanol–water partition coefficient (Wildman–Crippen LogP) is 1.67. The molecule has 126 valence electrons. The topological polar surface area (TPSA) is 92.3 Å². The summed E-state index contributed by atoms with van der Waals surface area (Å²) in [4.78, 5) is 16.0. The molecule has 7 heteroatoms. The lowest BCUT2D eigenvalue weighted by Gasteiger charge is -2.06. The summed E-state index contributed by atoms with van der Waals surface area (Å²) in [5.74, 6) is -0.330. The number of carbonyl (C=O) groups is 1. The number of hydrogen-bond acceptors (Lipinski definition) is 6. The first-order valence-corrected chi connectivity index (χ1v) is 7.90. The number of aromatic nitrogens is 3. The average Bonchev–Trinajstić information content (AvgIpc) is 3.17. The Bertz CT molecular complexity index is 663. The number of fused-ring (bicyclic) bond motifs is 1. The van der Waals surface area contributed by atoms with Gasteiger partial charge in [-0.1, -0.05) is 0 Å². The molecule has 0 aromatic carbocycles. The number of aryl methyl sites for hydroxylation is 2. The first-order valence-electron chi connectivity index (χ1n) is 7.90. The number of ether oxygens (including phenoxy) is 2. The Morgan fingerprint density at radius 2 is 2.26 bits per heavy atom. The molecule has 3 heterocycles. The second kappa shape index (κ2) is 8.03. The molecule has 0 radical (unpaired) electrons. The van der Waals surface area contributed by atoms with Gasteiger partial charge in [0.2, 0.25) is 0 Å². The van der Waals surface area contributed by atoms with E-state index in [0.717, 1.165) is 42.8 Å².